The molecule has 0 spiro atoms. The molecule has 798 valence electrons. The van der Waals surface area contributed by atoms with Gasteiger partial charge in [0.15, 0.2) is 11.5 Å². The lowest BCUT2D eigenvalue weighted by atomic mass is 9.81. The van der Waals surface area contributed by atoms with E-state index in [0.29, 0.717) is 70.2 Å². The van der Waals surface area contributed by atoms with Crippen LogP contribution in [0.4, 0.5) is 0 Å². The molecule has 1 N–H and O–H groups in total. The summed E-state index contributed by atoms with van der Waals surface area (Å²) in [5.74, 6) is 7.55. The van der Waals surface area contributed by atoms with E-state index in [4.69, 9.17) is 23.7 Å². The average Bonchev–Trinajstić information content (AvgIpc) is 0.749. The highest BCUT2D eigenvalue weighted by Gasteiger charge is 2.32. The molecule has 0 aliphatic rings. The lowest BCUT2D eigenvalue weighted by molar-refractivity contribution is 0.251. The molecule has 6 nitrogen and oxygen atoms in total. The number of aliphatic hydroxyl groups is 1. The van der Waals surface area contributed by atoms with E-state index in [1.807, 2.05) is 26.4 Å². The molecule has 0 saturated heterocycles. The molecular weight excluding hydrogens is 1830 g/mol. The molecule has 0 bridgehead atoms. The Morgan fingerprint density at radius 1 is 0.200 bits per heavy atom. The second kappa shape index (κ2) is 56.3. The molecule has 0 aliphatic carbocycles. The highest BCUT2D eigenvalue weighted by Crippen LogP contribution is 2.55. The number of hydrogen-bond acceptors (Lipinski definition) is 6. The van der Waals surface area contributed by atoms with Crippen LogP contribution in [0.25, 0.3) is 131 Å². The van der Waals surface area contributed by atoms with Crippen molar-refractivity contribution in [2.24, 2.45) is 47.3 Å². The summed E-state index contributed by atoms with van der Waals surface area (Å²) in [4.78, 5) is 0. The smallest absolute Gasteiger partial charge is 0.203 e. The monoisotopic (exact) mass is 2010 g/mol. The van der Waals surface area contributed by atoms with Crippen molar-refractivity contribution in [2.45, 2.75) is 387 Å². The van der Waals surface area contributed by atoms with Gasteiger partial charge in [0, 0.05) is 44.5 Å². The molecule has 0 amide bonds. The zero-order valence-electron chi connectivity index (χ0n) is 96.1. The van der Waals surface area contributed by atoms with E-state index in [2.05, 4.69) is 305 Å². The van der Waals surface area contributed by atoms with Crippen LogP contribution >= 0.6 is 0 Å². The third-order valence-corrected chi connectivity index (χ3v) is 35.3. The second-order valence-electron chi connectivity index (χ2n) is 45.4. The van der Waals surface area contributed by atoms with Gasteiger partial charge in [-0.3, -0.25) is 0 Å². The summed E-state index contributed by atoms with van der Waals surface area (Å²) in [6, 6.07) is 81.7. The molecule has 0 heterocycles. The van der Waals surface area contributed by atoms with E-state index in [1.165, 1.54) is 307 Å². The van der Waals surface area contributed by atoms with Crippen molar-refractivity contribution >= 4 is 86.2 Å². The zero-order chi connectivity index (χ0) is 106. The first kappa shape index (κ1) is 113. The predicted octanol–water partition coefficient (Wildman–Crippen LogP) is 42.3. The average molecular weight is 2010 g/mol. The Hall–Kier alpha value is -10.7. The minimum Gasteiger partial charge on any atom is -0.495 e. The lowest BCUT2D eigenvalue weighted by Gasteiger charge is -2.25. The predicted molar refractivity (Wildman–Crippen MR) is 651 cm³/mol. The standard InChI is InChI=1S/C144H186O6/c1-20-36-52-97(28-9)76-108-60-44-68-116-124(108)90-125-109(77-98(29-10)53-37-21-2)61-45-69-117(125)138(116)132-84-106(85-133(142(132)146-17)139-118-70-46-62-110(78-99(30-11)54-38-22-3)126(118)91-127-111(63-47-71-119(127)139)79-100(31-12)55-39-23-4)95-149-136-88-105(94-145)89-137(144(136)148-19)150-96-107-86-134(140-120-72-48-64-112(80-101(32-13)56-40-24-5)128(120)92-129-113(65-49-73-121(129)140)81-102(33-14)57-41-25-6)143(147-18)135(87-107)141-122-74-50-66-114(82-103(34-15)58-42-26-7)130(122)93-131-115(67-51-75-123(131)141)83-104(35-16)59-43-27-8/h44-51,60-75,84-93,97-104,145H,20-43,52-59,76-83,94-96H2,1-19H3. The van der Waals surface area contributed by atoms with Gasteiger partial charge in [-0.15, -0.1) is 0 Å². The second-order valence-corrected chi connectivity index (χ2v) is 45.4. The summed E-state index contributed by atoms with van der Waals surface area (Å²) in [6.45, 7) is 38.0. The van der Waals surface area contributed by atoms with Crippen LogP contribution in [0, 0.1) is 47.3 Å². The fourth-order valence-corrected chi connectivity index (χ4v) is 26.0. The molecule has 8 unspecified atom stereocenters. The SMILES string of the molecule is CCCCC(CC)Cc1cccc2c(-c3cc(COc4cc(CO)cc(OCc5cc(-c6c7cccc(CC(CC)CCCC)c7cc7c(CC(CC)CCCC)cccc67)c(OC)c(-c6c7cccc(CC(CC)CCCC)c7cc7c(CC(CC)CCCC)cccc67)c5)c4OC)cc(-c4c5cccc(CC(CC)CCCC)c5cc5c(CC(CC)CCCC)cccc45)c3OC)c3cccc(CC(CC)CCCC)c3cc12. The molecule has 8 atom stereocenters. The quantitative estimate of drug-likeness (QED) is 0.0383. The van der Waals surface area contributed by atoms with E-state index >= 15 is 0 Å². The van der Waals surface area contributed by atoms with Crippen molar-refractivity contribution in [1.29, 1.82) is 0 Å². The first-order chi connectivity index (χ1) is 73.5. The number of fused-ring (bicyclic) bond motifs is 8. The number of rotatable bonds is 62. The van der Waals surface area contributed by atoms with Crippen LogP contribution in [0.5, 0.6) is 28.7 Å². The van der Waals surface area contributed by atoms with E-state index in [0.717, 1.165) is 148 Å². The van der Waals surface area contributed by atoms with Crippen LogP contribution in [0.1, 0.15) is 377 Å². The Morgan fingerprint density at radius 2 is 0.373 bits per heavy atom. The van der Waals surface area contributed by atoms with Crippen molar-refractivity contribution < 1.29 is 28.8 Å². The van der Waals surface area contributed by atoms with Gasteiger partial charge in [0.2, 0.25) is 5.75 Å². The Bertz CT molecular complexity index is 5860. The number of hydrogen-bond donors (Lipinski definition) is 1. The molecule has 0 saturated carbocycles. The van der Waals surface area contributed by atoms with Gasteiger partial charge in [0.1, 0.15) is 24.7 Å². The van der Waals surface area contributed by atoms with Gasteiger partial charge in [-0.25, -0.2) is 0 Å². The highest BCUT2D eigenvalue weighted by molar-refractivity contribution is 6.21. The lowest BCUT2D eigenvalue weighted by Crippen LogP contribution is -2.07. The third kappa shape index (κ3) is 26.3. The maximum Gasteiger partial charge on any atom is 0.203 e. The topological polar surface area (TPSA) is 66.4 Å². The molecule has 15 aromatic carbocycles. The molecule has 0 fully saturated rings. The largest absolute Gasteiger partial charge is 0.495 e. The van der Waals surface area contributed by atoms with Crippen molar-refractivity contribution in [2.75, 3.05) is 21.3 Å². The Labute approximate surface area is 905 Å². The van der Waals surface area contributed by atoms with Crippen LogP contribution in [0.3, 0.4) is 0 Å². The number of ether oxygens (including phenoxy) is 5. The van der Waals surface area contributed by atoms with Crippen LogP contribution in [-0.4, -0.2) is 26.4 Å². The van der Waals surface area contributed by atoms with Crippen molar-refractivity contribution in [3.8, 4) is 73.3 Å². The Balaban J connectivity index is 0.982. The van der Waals surface area contributed by atoms with E-state index in [1.54, 1.807) is 7.11 Å². The van der Waals surface area contributed by atoms with E-state index in [-0.39, 0.29) is 19.8 Å². The fourth-order valence-electron chi connectivity index (χ4n) is 26.0. The summed E-state index contributed by atoms with van der Waals surface area (Å²) in [5.41, 5.74) is 22.8. The van der Waals surface area contributed by atoms with Gasteiger partial charge >= 0.3 is 0 Å². The molecule has 6 heteroatoms. The van der Waals surface area contributed by atoms with Gasteiger partial charge in [-0.1, -0.05) is 462 Å². The Kier molecular flexibility index (Phi) is 42.5. The summed E-state index contributed by atoms with van der Waals surface area (Å²) in [5, 5.41) is 32.4. The van der Waals surface area contributed by atoms with E-state index < -0.39 is 0 Å². The molecule has 15 rings (SSSR count). The minimum atomic E-state index is -0.258. The van der Waals surface area contributed by atoms with Crippen molar-refractivity contribution in [1.82, 2.24) is 0 Å². The summed E-state index contributed by atoms with van der Waals surface area (Å²) >= 11 is 0. The number of benzene rings is 15. The summed E-state index contributed by atoms with van der Waals surface area (Å²) in [7, 11) is 5.62. The van der Waals surface area contributed by atoms with Crippen molar-refractivity contribution in [3.63, 3.8) is 0 Å². The van der Waals surface area contributed by atoms with Crippen LogP contribution in [0.2, 0.25) is 0 Å². The first-order valence-electron chi connectivity index (χ1n) is 60.4. The molecular formula is C144H186O6. The van der Waals surface area contributed by atoms with Gasteiger partial charge < -0.3 is 28.8 Å². The normalized spacial score (nSPS) is 13.6. The van der Waals surface area contributed by atoms with Crippen LogP contribution in [-0.2, 0) is 71.2 Å². The molecule has 0 aliphatic heterocycles. The van der Waals surface area contributed by atoms with Crippen molar-refractivity contribution in [3.05, 3.63) is 267 Å². The summed E-state index contributed by atoms with van der Waals surface area (Å²) < 4.78 is 37.1. The first-order valence-corrected chi connectivity index (χ1v) is 60.4. The maximum absolute atomic E-state index is 12.0. The maximum atomic E-state index is 12.0. The van der Waals surface area contributed by atoms with Crippen LogP contribution < -0.4 is 23.7 Å². The number of aliphatic hydroxyl groups excluding tert-OH is 1. The number of methoxy groups -OCH3 is 3. The highest BCUT2D eigenvalue weighted by atomic mass is 16.5. The zero-order valence-corrected chi connectivity index (χ0v) is 96.1. The molecule has 150 heavy (non-hydrogen) atoms. The molecule has 0 radical (unpaired) electrons. The van der Waals surface area contributed by atoms with Gasteiger partial charge in [-0.2, -0.15) is 0 Å². The van der Waals surface area contributed by atoms with Gasteiger partial charge in [-0.05, 0) is 307 Å². The Morgan fingerprint density at radius 3 is 0.520 bits per heavy atom. The number of unbranched alkanes of at least 4 members (excludes halogenated alkanes) is 8. The molecule has 0 aromatic heterocycles. The minimum absolute atomic E-state index is 0.144. The van der Waals surface area contributed by atoms with Gasteiger partial charge in [0.05, 0.1) is 27.9 Å². The van der Waals surface area contributed by atoms with Crippen LogP contribution in [0.15, 0.2) is 206 Å². The third-order valence-electron chi connectivity index (χ3n) is 35.3. The van der Waals surface area contributed by atoms with E-state index in [9.17, 15) is 5.11 Å². The fraction of sp³-hybridized carbons (Fsp3) is 0.486. The summed E-state index contributed by atoms with van der Waals surface area (Å²) in [6.07, 6.45) is 46.1. The van der Waals surface area contributed by atoms with Gasteiger partial charge in [0.25, 0.3) is 0 Å². The molecule has 15 aromatic rings.